The fourth-order valence-corrected chi connectivity index (χ4v) is 3.01. The van der Waals surface area contributed by atoms with E-state index in [0.29, 0.717) is 21.8 Å². The van der Waals surface area contributed by atoms with Crippen molar-refractivity contribution in [1.29, 1.82) is 0 Å². The number of nitrogens with zero attached hydrogens (tertiary/aromatic N) is 2. The predicted molar refractivity (Wildman–Crippen MR) is 92.6 cm³/mol. The Balaban J connectivity index is 2.43. The van der Waals surface area contributed by atoms with Gasteiger partial charge in [-0.3, -0.25) is 4.57 Å². The number of hydrogen-bond donors (Lipinski definition) is 1. The molecule has 0 bridgehead atoms. The number of rotatable bonds is 3. The Labute approximate surface area is 143 Å². The van der Waals surface area contributed by atoms with Crippen LogP contribution in [0.5, 0.6) is 0 Å². The quantitative estimate of drug-likeness (QED) is 0.793. The molecule has 122 valence electrons. The number of para-hydroxylation sites is 1. The van der Waals surface area contributed by atoms with Gasteiger partial charge in [0.15, 0.2) is 5.54 Å². The van der Waals surface area contributed by atoms with Crippen LogP contribution in [0.4, 0.5) is 0 Å². The molecule has 6 heteroatoms. The van der Waals surface area contributed by atoms with Crippen LogP contribution >= 0.6 is 11.6 Å². The SMILES string of the molecule is Cc1nc(=O)n(C(C)(C(=O)O)c2ccc(Cl)cc2)c2ccccc12. The summed E-state index contributed by atoms with van der Waals surface area (Å²) in [5.41, 5.74) is -0.684. The highest BCUT2D eigenvalue weighted by Gasteiger charge is 2.39. The van der Waals surface area contributed by atoms with E-state index < -0.39 is 17.2 Å². The van der Waals surface area contributed by atoms with Crippen molar-refractivity contribution in [1.82, 2.24) is 9.55 Å². The first kappa shape index (κ1) is 16.2. The second-order valence-electron chi connectivity index (χ2n) is 5.72. The number of carboxylic acids is 1. The van der Waals surface area contributed by atoms with E-state index in [9.17, 15) is 14.7 Å². The summed E-state index contributed by atoms with van der Waals surface area (Å²) < 4.78 is 1.22. The average Bonchev–Trinajstić information content (AvgIpc) is 2.55. The number of aliphatic carboxylic acids is 1. The molecular formula is C18H15ClN2O3. The van der Waals surface area contributed by atoms with Crippen LogP contribution in [0.3, 0.4) is 0 Å². The largest absolute Gasteiger partial charge is 0.479 e. The van der Waals surface area contributed by atoms with Gasteiger partial charge in [0, 0.05) is 10.4 Å². The molecular weight excluding hydrogens is 328 g/mol. The van der Waals surface area contributed by atoms with Crippen LogP contribution in [0.1, 0.15) is 18.2 Å². The molecule has 24 heavy (non-hydrogen) atoms. The molecule has 3 rings (SSSR count). The van der Waals surface area contributed by atoms with Crippen LogP contribution < -0.4 is 5.69 Å². The monoisotopic (exact) mass is 342 g/mol. The van der Waals surface area contributed by atoms with E-state index in [0.717, 1.165) is 5.39 Å². The van der Waals surface area contributed by atoms with Crippen molar-refractivity contribution in [2.24, 2.45) is 0 Å². The fourth-order valence-electron chi connectivity index (χ4n) is 2.89. The lowest BCUT2D eigenvalue weighted by Gasteiger charge is -2.29. The number of hydrogen-bond acceptors (Lipinski definition) is 3. The lowest BCUT2D eigenvalue weighted by atomic mass is 9.91. The number of fused-ring (bicyclic) bond motifs is 1. The Morgan fingerprint density at radius 2 is 1.79 bits per heavy atom. The summed E-state index contributed by atoms with van der Waals surface area (Å²) in [6.07, 6.45) is 0. The fraction of sp³-hybridized carbons (Fsp3) is 0.167. The summed E-state index contributed by atoms with van der Waals surface area (Å²) in [5.74, 6) is -1.15. The summed E-state index contributed by atoms with van der Waals surface area (Å²) >= 11 is 5.91. The molecule has 1 aromatic heterocycles. The van der Waals surface area contributed by atoms with Crippen molar-refractivity contribution in [2.75, 3.05) is 0 Å². The number of carboxylic acid groups (broad SMARTS) is 1. The molecule has 0 saturated carbocycles. The Morgan fingerprint density at radius 1 is 1.17 bits per heavy atom. The Bertz CT molecular complexity index is 995. The van der Waals surface area contributed by atoms with E-state index in [1.54, 1.807) is 43.3 Å². The van der Waals surface area contributed by atoms with E-state index in [4.69, 9.17) is 11.6 Å². The van der Waals surface area contributed by atoms with Gasteiger partial charge in [0.05, 0.1) is 11.2 Å². The smallest absolute Gasteiger partial charge is 0.349 e. The molecule has 1 heterocycles. The van der Waals surface area contributed by atoms with Crippen LogP contribution in [0.25, 0.3) is 10.9 Å². The highest BCUT2D eigenvalue weighted by Crippen LogP contribution is 2.30. The van der Waals surface area contributed by atoms with Gasteiger partial charge in [-0.25, -0.2) is 9.59 Å². The van der Waals surface area contributed by atoms with Crippen molar-refractivity contribution < 1.29 is 9.90 Å². The van der Waals surface area contributed by atoms with E-state index in [1.165, 1.54) is 11.5 Å². The molecule has 0 saturated heterocycles. The minimum atomic E-state index is -1.61. The topological polar surface area (TPSA) is 72.2 Å². The molecule has 1 N–H and O–H groups in total. The molecule has 0 aliphatic rings. The number of aryl methyl sites for hydroxylation is 1. The highest BCUT2D eigenvalue weighted by molar-refractivity contribution is 6.30. The Hall–Kier alpha value is -2.66. The third-order valence-electron chi connectivity index (χ3n) is 4.26. The molecule has 1 unspecified atom stereocenters. The van der Waals surface area contributed by atoms with Gasteiger partial charge >= 0.3 is 11.7 Å². The number of carbonyl (C=O) groups is 1. The molecule has 0 spiro atoms. The van der Waals surface area contributed by atoms with Crippen LogP contribution in [-0.2, 0) is 10.3 Å². The second-order valence-corrected chi connectivity index (χ2v) is 6.15. The Kier molecular flexibility index (Phi) is 3.89. The van der Waals surface area contributed by atoms with Crippen LogP contribution in [-0.4, -0.2) is 20.6 Å². The minimum absolute atomic E-state index is 0.442. The van der Waals surface area contributed by atoms with E-state index in [2.05, 4.69) is 4.98 Å². The van der Waals surface area contributed by atoms with Gasteiger partial charge in [-0.15, -0.1) is 0 Å². The van der Waals surface area contributed by atoms with Gasteiger partial charge in [0.2, 0.25) is 0 Å². The first-order valence-electron chi connectivity index (χ1n) is 7.34. The van der Waals surface area contributed by atoms with Crippen molar-refractivity contribution >= 4 is 28.5 Å². The van der Waals surface area contributed by atoms with Crippen LogP contribution in [0, 0.1) is 6.92 Å². The molecule has 0 amide bonds. The zero-order valence-corrected chi connectivity index (χ0v) is 13.9. The summed E-state index contributed by atoms with van der Waals surface area (Å²) in [5, 5.41) is 11.2. The van der Waals surface area contributed by atoms with Gasteiger partial charge in [-0.05, 0) is 37.6 Å². The molecule has 2 aromatic carbocycles. The van der Waals surface area contributed by atoms with Crippen molar-refractivity contribution in [3.8, 4) is 0 Å². The second kappa shape index (κ2) is 5.76. The molecule has 0 fully saturated rings. The lowest BCUT2D eigenvalue weighted by Crippen LogP contribution is -2.47. The maximum absolute atomic E-state index is 12.6. The van der Waals surface area contributed by atoms with Crippen molar-refractivity contribution in [3.63, 3.8) is 0 Å². The first-order valence-corrected chi connectivity index (χ1v) is 7.72. The molecule has 0 aliphatic heterocycles. The van der Waals surface area contributed by atoms with Crippen molar-refractivity contribution in [2.45, 2.75) is 19.4 Å². The van der Waals surface area contributed by atoms with Gasteiger partial charge in [-0.2, -0.15) is 4.98 Å². The third kappa shape index (κ3) is 2.37. The minimum Gasteiger partial charge on any atom is -0.479 e. The molecule has 1 atom stereocenters. The third-order valence-corrected chi connectivity index (χ3v) is 4.51. The number of halogens is 1. The lowest BCUT2D eigenvalue weighted by molar-refractivity contribution is -0.144. The van der Waals surface area contributed by atoms with Gasteiger partial charge in [0.25, 0.3) is 0 Å². The predicted octanol–water partition coefficient (Wildman–Crippen LogP) is 3.21. The van der Waals surface area contributed by atoms with Crippen molar-refractivity contribution in [3.05, 3.63) is 75.3 Å². The molecule has 3 aromatic rings. The highest BCUT2D eigenvalue weighted by atomic mass is 35.5. The van der Waals surface area contributed by atoms with Crippen LogP contribution in [0.2, 0.25) is 5.02 Å². The molecule has 0 aliphatic carbocycles. The van der Waals surface area contributed by atoms with E-state index >= 15 is 0 Å². The summed E-state index contributed by atoms with van der Waals surface area (Å²) in [7, 11) is 0. The summed E-state index contributed by atoms with van der Waals surface area (Å²) in [6, 6.07) is 13.6. The van der Waals surface area contributed by atoms with E-state index in [1.807, 2.05) is 12.1 Å². The zero-order chi connectivity index (χ0) is 17.5. The normalized spacial score (nSPS) is 13.6. The Morgan fingerprint density at radius 3 is 2.42 bits per heavy atom. The van der Waals surface area contributed by atoms with E-state index in [-0.39, 0.29) is 0 Å². The van der Waals surface area contributed by atoms with Gasteiger partial charge in [-0.1, -0.05) is 41.9 Å². The van der Waals surface area contributed by atoms with Crippen LogP contribution in [0.15, 0.2) is 53.3 Å². The summed E-state index contributed by atoms with van der Waals surface area (Å²) in [6.45, 7) is 3.22. The molecule has 0 radical (unpaired) electrons. The maximum atomic E-state index is 12.6. The average molecular weight is 343 g/mol. The summed E-state index contributed by atoms with van der Waals surface area (Å²) in [4.78, 5) is 28.8. The molecule has 5 nitrogen and oxygen atoms in total. The standard InChI is InChI=1S/C18H15ClN2O3/c1-11-14-5-3-4-6-15(14)21(17(24)20-11)18(2,16(22)23)12-7-9-13(19)10-8-12/h3-10H,1-2H3,(H,22,23). The van der Waals surface area contributed by atoms with Gasteiger partial charge < -0.3 is 5.11 Å². The number of benzene rings is 2. The van der Waals surface area contributed by atoms with Gasteiger partial charge in [0.1, 0.15) is 0 Å². The zero-order valence-electron chi connectivity index (χ0n) is 13.2. The maximum Gasteiger partial charge on any atom is 0.349 e. The first-order chi connectivity index (χ1) is 11.4. The number of aromatic nitrogens is 2.